The zero-order chi connectivity index (χ0) is 7.07. The van der Waals surface area contributed by atoms with Crippen molar-refractivity contribution in [2.45, 2.75) is 0 Å². The van der Waals surface area contributed by atoms with E-state index in [4.69, 9.17) is 4.74 Å². The summed E-state index contributed by atoms with van der Waals surface area (Å²) in [7, 11) is 0. The minimum Gasteiger partial charge on any atom is -0.473 e. The lowest BCUT2D eigenvalue weighted by Gasteiger charge is -1.89. The molecule has 1 rings (SSSR count). The van der Waals surface area contributed by atoms with Gasteiger partial charge >= 0.3 is 0 Å². The van der Waals surface area contributed by atoms with Gasteiger partial charge in [0.25, 0.3) is 0 Å². The van der Waals surface area contributed by atoms with Crippen LogP contribution in [0.25, 0.3) is 0 Å². The van der Waals surface area contributed by atoms with Gasteiger partial charge in [0.05, 0.1) is 12.5 Å². The van der Waals surface area contributed by atoms with E-state index < -0.39 is 0 Å². The zero-order valence-electron chi connectivity index (χ0n) is 5.53. The van der Waals surface area contributed by atoms with Crippen molar-refractivity contribution in [1.29, 1.82) is 0 Å². The maximum absolute atomic E-state index is 4.92. The van der Waals surface area contributed by atoms with Gasteiger partial charge in [0.2, 0.25) is 0 Å². The van der Waals surface area contributed by atoms with Crippen molar-refractivity contribution in [2.75, 3.05) is 0 Å². The van der Waals surface area contributed by atoms with Gasteiger partial charge in [0.1, 0.15) is 0 Å². The molecular weight excluding hydrogens is 126 g/mol. The smallest absolute Gasteiger partial charge is 0.0901 e. The van der Waals surface area contributed by atoms with Crippen LogP contribution < -0.4 is 5.32 Å². The van der Waals surface area contributed by atoms with E-state index >= 15 is 0 Å². The fourth-order valence-electron chi connectivity index (χ4n) is 0.505. The van der Waals surface area contributed by atoms with E-state index in [0.717, 1.165) is 0 Å². The minimum atomic E-state index is 1.60. The molecule has 0 aromatic carbocycles. The Hall–Kier alpha value is -1.44. The topological polar surface area (TPSA) is 21.3 Å². The monoisotopic (exact) mass is 135 g/mol. The van der Waals surface area contributed by atoms with Gasteiger partial charge in [-0.3, -0.25) is 0 Å². The Bertz CT molecular complexity index is 147. The molecule has 0 unspecified atom stereocenters. The summed E-state index contributed by atoms with van der Waals surface area (Å²) in [5, 5.41) is 2.94. The number of ether oxygens (including phenoxy) is 1. The van der Waals surface area contributed by atoms with Crippen LogP contribution in [0, 0.1) is 0 Å². The second-order valence-corrected chi connectivity index (χ2v) is 1.68. The number of hydrogen-bond acceptors (Lipinski definition) is 2. The first kappa shape index (κ1) is 6.68. The summed E-state index contributed by atoms with van der Waals surface area (Å²) >= 11 is 0. The average molecular weight is 135 g/mol. The fourth-order valence-corrected chi connectivity index (χ4v) is 0.505. The van der Waals surface area contributed by atoms with Crippen LogP contribution in [-0.2, 0) is 4.74 Å². The van der Waals surface area contributed by atoms with Crippen molar-refractivity contribution in [3.8, 4) is 0 Å². The Kier molecular flexibility index (Phi) is 2.96. The molecule has 1 aliphatic rings. The van der Waals surface area contributed by atoms with E-state index in [-0.39, 0.29) is 0 Å². The van der Waals surface area contributed by atoms with E-state index in [0.29, 0.717) is 0 Å². The highest BCUT2D eigenvalue weighted by molar-refractivity contribution is 5.06. The normalized spacial score (nSPS) is 28.8. The van der Waals surface area contributed by atoms with E-state index in [1.54, 1.807) is 24.7 Å². The van der Waals surface area contributed by atoms with Crippen LogP contribution in [0.1, 0.15) is 0 Å². The summed E-state index contributed by atoms with van der Waals surface area (Å²) < 4.78 is 4.92. The van der Waals surface area contributed by atoms with E-state index in [1.807, 2.05) is 24.6 Å². The summed E-state index contributed by atoms with van der Waals surface area (Å²) in [4.78, 5) is 0. The standard InChI is InChI=1S/C8H9NO/c1-3-7-10-8-4-2-6-9-5-1/h1-9H/b5-1-,6-2-,7-3-,8-4-. The highest BCUT2D eigenvalue weighted by Crippen LogP contribution is 1.84. The van der Waals surface area contributed by atoms with E-state index in [1.165, 1.54) is 0 Å². The Morgan fingerprint density at radius 2 is 1.40 bits per heavy atom. The molecular formula is C8H9NO. The second-order valence-electron chi connectivity index (χ2n) is 1.68. The predicted octanol–water partition coefficient (Wildman–Crippen LogP) is 1.66. The van der Waals surface area contributed by atoms with Gasteiger partial charge in [0.15, 0.2) is 0 Å². The highest BCUT2D eigenvalue weighted by Gasteiger charge is 1.69. The summed E-state index contributed by atoms with van der Waals surface area (Å²) in [5.74, 6) is 0. The average Bonchev–Trinajstić information content (AvgIpc) is 2.01. The molecule has 0 spiro atoms. The molecule has 1 heterocycles. The molecule has 52 valence electrons. The lowest BCUT2D eigenvalue weighted by atomic mass is 10.5. The molecule has 10 heavy (non-hydrogen) atoms. The van der Waals surface area contributed by atoms with Crippen LogP contribution in [-0.4, -0.2) is 0 Å². The molecule has 0 amide bonds. The third kappa shape index (κ3) is 2.77. The first-order valence-electron chi connectivity index (χ1n) is 3.05. The first-order chi connectivity index (χ1) is 5.00. The van der Waals surface area contributed by atoms with Crippen LogP contribution in [0.15, 0.2) is 49.2 Å². The Balaban J connectivity index is 2.50. The quantitative estimate of drug-likeness (QED) is 0.545. The van der Waals surface area contributed by atoms with Crippen molar-refractivity contribution >= 4 is 0 Å². The molecule has 0 saturated carbocycles. The number of allylic oxidation sites excluding steroid dienone is 4. The predicted molar refractivity (Wildman–Crippen MR) is 40.8 cm³/mol. The van der Waals surface area contributed by atoms with Gasteiger partial charge < -0.3 is 10.1 Å². The SMILES string of the molecule is C1=C\N/C=C\C=C/O\C=C/1. The van der Waals surface area contributed by atoms with Gasteiger partial charge in [-0.1, -0.05) is 0 Å². The van der Waals surface area contributed by atoms with Crippen LogP contribution >= 0.6 is 0 Å². The van der Waals surface area contributed by atoms with Crippen molar-refractivity contribution in [3.05, 3.63) is 49.2 Å². The number of nitrogens with one attached hydrogen (secondary N) is 1. The molecule has 0 saturated heterocycles. The van der Waals surface area contributed by atoms with Crippen LogP contribution in [0.5, 0.6) is 0 Å². The molecule has 2 heteroatoms. The number of rotatable bonds is 0. The van der Waals surface area contributed by atoms with Crippen LogP contribution in [0.2, 0.25) is 0 Å². The first-order valence-corrected chi connectivity index (χ1v) is 3.05. The maximum atomic E-state index is 4.92. The summed E-state index contributed by atoms with van der Waals surface area (Å²) in [6, 6.07) is 0. The van der Waals surface area contributed by atoms with Gasteiger partial charge in [-0.2, -0.15) is 0 Å². The third-order valence-corrected chi connectivity index (χ3v) is 0.921. The minimum absolute atomic E-state index is 1.60. The van der Waals surface area contributed by atoms with Crippen molar-refractivity contribution in [3.63, 3.8) is 0 Å². The molecule has 0 aromatic heterocycles. The zero-order valence-corrected chi connectivity index (χ0v) is 5.53. The second kappa shape index (κ2) is 4.44. The van der Waals surface area contributed by atoms with Gasteiger partial charge in [0, 0.05) is 12.4 Å². The lowest BCUT2D eigenvalue weighted by molar-refractivity contribution is 0.403. The fraction of sp³-hybridized carbons (Fsp3) is 0. The lowest BCUT2D eigenvalue weighted by Crippen LogP contribution is -1.89. The molecule has 0 bridgehead atoms. The summed E-state index contributed by atoms with van der Waals surface area (Å²) in [6.07, 6.45) is 14.1. The molecule has 0 aromatic rings. The molecule has 0 fully saturated rings. The number of hydrogen-bond donors (Lipinski definition) is 1. The maximum Gasteiger partial charge on any atom is 0.0901 e. The highest BCUT2D eigenvalue weighted by atomic mass is 16.5. The van der Waals surface area contributed by atoms with Gasteiger partial charge in [-0.15, -0.1) is 0 Å². The molecule has 1 aliphatic heterocycles. The summed E-state index contributed by atoms with van der Waals surface area (Å²) in [5.41, 5.74) is 0. The Labute approximate surface area is 60.2 Å². The molecule has 1 N–H and O–H groups in total. The molecule has 2 nitrogen and oxygen atoms in total. The molecule has 0 atom stereocenters. The van der Waals surface area contributed by atoms with Crippen molar-refractivity contribution in [1.82, 2.24) is 5.32 Å². The van der Waals surface area contributed by atoms with E-state index in [9.17, 15) is 0 Å². The Morgan fingerprint density at radius 3 is 2.00 bits per heavy atom. The Morgan fingerprint density at radius 1 is 0.800 bits per heavy atom. The largest absolute Gasteiger partial charge is 0.473 e. The van der Waals surface area contributed by atoms with Crippen molar-refractivity contribution in [2.24, 2.45) is 0 Å². The van der Waals surface area contributed by atoms with E-state index in [2.05, 4.69) is 5.32 Å². The molecule has 0 aliphatic carbocycles. The van der Waals surface area contributed by atoms with Crippen LogP contribution in [0.3, 0.4) is 0 Å². The van der Waals surface area contributed by atoms with Crippen molar-refractivity contribution < 1.29 is 4.74 Å². The third-order valence-electron chi connectivity index (χ3n) is 0.921. The van der Waals surface area contributed by atoms with Gasteiger partial charge in [-0.25, -0.2) is 0 Å². The summed E-state index contributed by atoms with van der Waals surface area (Å²) in [6.45, 7) is 0. The van der Waals surface area contributed by atoms with Crippen LogP contribution in [0.4, 0.5) is 0 Å². The molecule has 0 radical (unpaired) electrons. The van der Waals surface area contributed by atoms with Gasteiger partial charge in [-0.05, 0) is 24.3 Å².